The average molecular weight is 358 g/mol. The van der Waals surface area contributed by atoms with Gasteiger partial charge in [-0.15, -0.1) is 0 Å². The molecule has 3 unspecified atom stereocenters. The summed E-state index contributed by atoms with van der Waals surface area (Å²) in [5, 5.41) is 0. The second-order valence-corrected chi connectivity index (χ2v) is 8.37. The molecule has 2 fully saturated rings. The summed E-state index contributed by atoms with van der Waals surface area (Å²) >= 11 is 0. The monoisotopic (exact) mass is 358 g/mol. The summed E-state index contributed by atoms with van der Waals surface area (Å²) in [5.41, 5.74) is 4.55. The van der Waals surface area contributed by atoms with Crippen molar-refractivity contribution >= 4 is 0 Å². The normalized spacial score (nSPS) is 48.2. The van der Waals surface area contributed by atoms with Crippen molar-refractivity contribution < 1.29 is 32.7 Å². The first kappa shape index (κ1) is 16.4. The van der Waals surface area contributed by atoms with E-state index in [-0.39, 0.29) is 32.7 Å². The van der Waals surface area contributed by atoms with E-state index in [1.165, 1.54) is 44.9 Å². The molecule has 0 spiro atoms. The number of hydrogen-bond donors (Lipinski definition) is 0. The molecule has 5 atom stereocenters. The predicted molar refractivity (Wildman–Crippen MR) is 85.1 cm³/mol. The van der Waals surface area contributed by atoms with Gasteiger partial charge in [0.05, 0.1) is 0 Å². The standard InChI is InChI=1S/C20H29.Y/c1-14-7-10-17-16-9-8-15-6-4-5-12-20(15,3)18(16)11-13-19(14,17)2;/h4,7-8,16-18H,5-6,9-13H2,1-3H3;/q-1;/t16?,17?,18?,19-,20+;/m1./s1. The van der Waals surface area contributed by atoms with Gasteiger partial charge in [-0.25, -0.2) is 0 Å². The van der Waals surface area contributed by atoms with Crippen molar-refractivity contribution in [2.45, 2.75) is 65.7 Å². The Morgan fingerprint density at radius 1 is 1.05 bits per heavy atom. The van der Waals surface area contributed by atoms with Crippen LogP contribution in [0.5, 0.6) is 0 Å². The van der Waals surface area contributed by atoms with Crippen LogP contribution >= 0.6 is 0 Å². The molecular weight excluding hydrogens is 329 g/mol. The van der Waals surface area contributed by atoms with Crippen LogP contribution in [0, 0.1) is 35.0 Å². The molecule has 2 saturated carbocycles. The van der Waals surface area contributed by atoms with Crippen LogP contribution in [0.4, 0.5) is 0 Å². The molecule has 113 valence electrons. The zero-order valence-corrected chi connectivity index (χ0v) is 16.8. The van der Waals surface area contributed by atoms with E-state index < -0.39 is 0 Å². The van der Waals surface area contributed by atoms with E-state index in [0.717, 1.165) is 17.8 Å². The fourth-order valence-corrected chi connectivity index (χ4v) is 6.26. The molecule has 4 aliphatic rings. The van der Waals surface area contributed by atoms with Crippen LogP contribution in [0.3, 0.4) is 0 Å². The third-order valence-corrected chi connectivity index (χ3v) is 7.83. The van der Waals surface area contributed by atoms with Crippen LogP contribution in [0.15, 0.2) is 23.3 Å². The molecule has 0 saturated heterocycles. The number of rotatable bonds is 0. The molecule has 4 aliphatic carbocycles. The van der Waals surface area contributed by atoms with E-state index in [9.17, 15) is 0 Å². The second kappa shape index (κ2) is 5.59. The number of allylic oxidation sites excluding steroid dienone is 4. The first-order valence-electron chi connectivity index (χ1n) is 8.74. The molecule has 0 bridgehead atoms. The summed E-state index contributed by atoms with van der Waals surface area (Å²) in [6, 6.07) is 0. The Bertz CT molecular complexity index is 488. The van der Waals surface area contributed by atoms with E-state index in [0.29, 0.717) is 10.8 Å². The van der Waals surface area contributed by atoms with Crippen molar-refractivity contribution in [2.75, 3.05) is 0 Å². The maximum Gasteiger partial charge on any atom is 0 e. The number of hydrogen-bond acceptors (Lipinski definition) is 0. The molecule has 4 rings (SSSR count). The summed E-state index contributed by atoms with van der Waals surface area (Å²) in [4.78, 5) is 0. The molecule has 1 radical (unpaired) electrons. The Hall–Kier alpha value is 0.584. The van der Waals surface area contributed by atoms with Gasteiger partial charge < -0.3 is 6.42 Å². The maximum atomic E-state index is 2.65. The van der Waals surface area contributed by atoms with Gasteiger partial charge in [0.2, 0.25) is 0 Å². The van der Waals surface area contributed by atoms with Crippen LogP contribution in [0.2, 0.25) is 0 Å². The third kappa shape index (κ3) is 2.22. The van der Waals surface area contributed by atoms with E-state index in [1.54, 1.807) is 11.1 Å². The molecule has 0 aromatic heterocycles. The molecule has 0 aromatic rings. The molecule has 0 amide bonds. The van der Waals surface area contributed by atoms with E-state index >= 15 is 0 Å². The van der Waals surface area contributed by atoms with Crippen molar-refractivity contribution in [1.29, 1.82) is 0 Å². The average Bonchev–Trinajstić information content (AvgIpc) is 2.74. The van der Waals surface area contributed by atoms with Crippen LogP contribution in [0.1, 0.15) is 65.7 Å². The molecule has 0 nitrogen and oxygen atoms in total. The first-order valence-corrected chi connectivity index (χ1v) is 8.74. The molecule has 1 heteroatoms. The van der Waals surface area contributed by atoms with Crippen LogP contribution in [0.25, 0.3) is 0 Å². The summed E-state index contributed by atoms with van der Waals surface area (Å²) in [7, 11) is 0. The molecular formula is C20H29Y-. The number of fused-ring (bicyclic) bond motifs is 5. The van der Waals surface area contributed by atoms with Gasteiger partial charge in [0.1, 0.15) is 0 Å². The minimum atomic E-state index is 0. The van der Waals surface area contributed by atoms with Gasteiger partial charge in [-0.05, 0) is 61.2 Å². The zero-order chi connectivity index (χ0) is 14.0. The van der Waals surface area contributed by atoms with Crippen molar-refractivity contribution in [3.8, 4) is 0 Å². The van der Waals surface area contributed by atoms with Gasteiger partial charge >= 0.3 is 0 Å². The van der Waals surface area contributed by atoms with Crippen LogP contribution < -0.4 is 0 Å². The molecule has 0 aromatic carbocycles. The Labute approximate surface area is 156 Å². The van der Waals surface area contributed by atoms with E-state index in [2.05, 4.69) is 39.3 Å². The fourth-order valence-electron chi connectivity index (χ4n) is 6.26. The van der Waals surface area contributed by atoms with Crippen molar-refractivity contribution in [3.63, 3.8) is 0 Å². The topological polar surface area (TPSA) is 0 Å². The smallest absolute Gasteiger partial charge is 0 e. The van der Waals surface area contributed by atoms with Crippen molar-refractivity contribution in [3.05, 3.63) is 29.7 Å². The van der Waals surface area contributed by atoms with E-state index in [1.807, 2.05) is 0 Å². The van der Waals surface area contributed by atoms with Gasteiger partial charge in [-0.3, -0.25) is 0 Å². The Kier molecular flexibility index (Phi) is 4.38. The van der Waals surface area contributed by atoms with E-state index in [4.69, 9.17) is 0 Å². The molecule has 0 N–H and O–H groups in total. The summed E-state index contributed by atoms with van der Waals surface area (Å²) < 4.78 is 0. The van der Waals surface area contributed by atoms with Crippen LogP contribution in [-0.2, 0) is 32.7 Å². The Morgan fingerprint density at radius 2 is 1.86 bits per heavy atom. The van der Waals surface area contributed by atoms with Crippen molar-refractivity contribution in [1.82, 2.24) is 0 Å². The first-order chi connectivity index (χ1) is 9.56. The van der Waals surface area contributed by atoms with Gasteiger partial charge in [0.15, 0.2) is 0 Å². The summed E-state index contributed by atoms with van der Waals surface area (Å²) in [6.45, 7) is 7.55. The summed E-state index contributed by atoms with van der Waals surface area (Å²) in [6.07, 6.45) is 17.4. The zero-order valence-electron chi connectivity index (χ0n) is 14.0. The quantitative estimate of drug-likeness (QED) is 0.384. The van der Waals surface area contributed by atoms with Crippen LogP contribution in [-0.4, -0.2) is 0 Å². The Balaban J connectivity index is 0.00000132. The van der Waals surface area contributed by atoms with Gasteiger partial charge in [0.25, 0.3) is 0 Å². The summed E-state index contributed by atoms with van der Waals surface area (Å²) in [5.74, 6) is 2.85. The predicted octanol–water partition coefficient (Wildman–Crippen LogP) is 5.71. The SMILES string of the molecule is CC1=CCC2C3CC=C4C[CH-]CC[C@]4(C)C3CC[C@]12C.[Y]. The minimum Gasteiger partial charge on any atom is -0.325 e. The maximum absolute atomic E-state index is 2.65. The fraction of sp³-hybridized carbons (Fsp3) is 0.750. The van der Waals surface area contributed by atoms with Crippen molar-refractivity contribution in [2.24, 2.45) is 28.6 Å². The Morgan fingerprint density at radius 3 is 2.67 bits per heavy atom. The molecule has 21 heavy (non-hydrogen) atoms. The molecule has 0 heterocycles. The minimum absolute atomic E-state index is 0. The molecule has 0 aliphatic heterocycles. The second-order valence-electron chi connectivity index (χ2n) is 8.37. The van der Waals surface area contributed by atoms with Gasteiger partial charge in [-0.2, -0.15) is 12.8 Å². The third-order valence-electron chi connectivity index (χ3n) is 7.83. The van der Waals surface area contributed by atoms with Gasteiger partial charge in [0, 0.05) is 32.7 Å². The van der Waals surface area contributed by atoms with Gasteiger partial charge in [-0.1, -0.05) is 43.6 Å². The largest absolute Gasteiger partial charge is 0.325 e.